The van der Waals surface area contributed by atoms with E-state index >= 15 is 0 Å². The lowest BCUT2D eigenvalue weighted by atomic mass is 9.92. The molecule has 2 atom stereocenters. The molecule has 1 saturated heterocycles. The predicted molar refractivity (Wildman–Crippen MR) is 118 cm³/mol. The standard InChI is InChI=1S/C23H28F2N4O3/c1-23(32-2)19(24)12-17(13-20(23)25)29-9-7-28(8-10-29)14-22(31)26-16-4-5-18-15(11-16)3-6-21(30)27-18/h4-5,11-13,19H,3,6-10,14H2,1-2H3,(H,26,31)(H,27,30)/t19?,23-/m0/s1. The normalized spacial score (nSPS) is 26.1. The Hall–Kier alpha value is -2.78. The number of carbonyl (C=O) groups is 2. The van der Waals surface area contributed by atoms with Crippen molar-refractivity contribution >= 4 is 23.2 Å². The van der Waals surface area contributed by atoms with Gasteiger partial charge in [0, 0.05) is 56.8 Å². The molecule has 1 aromatic rings. The summed E-state index contributed by atoms with van der Waals surface area (Å²) in [7, 11) is 1.30. The zero-order valence-corrected chi connectivity index (χ0v) is 18.3. The number of anilines is 2. The molecule has 2 aliphatic heterocycles. The van der Waals surface area contributed by atoms with Crippen LogP contribution in [0.5, 0.6) is 0 Å². The largest absolute Gasteiger partial charge is 0.369 e. The summed E-state index contributed by atoms with van der Waals surface area (Å²) in [6.45, 7) is 3.98. The van der Waals surface area contributed by atoms with Gasteiger partial charge in [-0.15, -0.1) is 0 Å². The van der Waals surface area contributed by atoms with Crippen LogP contribution in [0.3, 0.4) is 0 Å². The van der Waals surface area contributed by atoms with Crippen molar-refractivity contribution in [2.45, 2.75) is 31.5 Å². The number of nitrogens with zero attached hydrogens (tertiary/aromatic N) is 2. The first kappa shape index (κ1) is 22.4. The van der Waals surface area contributed by atoms with Crippen LogP contribution in [0.2, 0.25) is 0 Å². The number of allylic oxidation sites excluding steroid dienone is 1. The van der Waals surface area contributed by atoms with Crippen LogP contribution in [0.1, 0.15) is 18.9 Å². The van der Waals surface area contributed by atoms with Crippen molar-refractivity contribution in [3.05, 3.63) is 47.4 Å². The molecule has 2 amide bonds. The number of aryl methyl sites for hydroxylation is 1. The number of rotatable bonds is 5. The Kier molecular flexibility index (Phi) is 6.30. The first-order chi connectivity index (χ1) is 15.3. The summed E-state index contributed by atoms with van der Waals surface area (Å²) in [5.74, 6) is -0.748. The van der Waals surface area contributed by atoms with Crippen molar-refractivity contribution in [3.63, 3.8) is 0 Å². The molecule has 2 heterocycles. The van der Waals surface area contributed by atoms with E-state index < -0.39 is 17.6 Å². The van der Waals surface area contributed by atoms with Gasteiger partial charge >= 0.3 is 0 Å². The van der Waals surface area contributed by atoms with Gasteiger partial charge in [-0.1, -0.05) is 0 Å². The maximum absolute atomic E-state index is 14.5. The number of halogens is 2. The number of alkyl halides is 1. The fraction of sp³-hybridized carbons (Fsp3) is 0.478. The minimum Gasteiger partial charge on any atom is -0.369 e. The van der Waals surface area contributed by atoms with Crippen LogP contribution < -0.4 is 10.6 Å². The highest BCUT2D eigenvalue weighted by atomic mass is 19.1. The van der Waals surface area contributed by atoms with E-state index in [1.165, 1.54) is 26.2 Å². The third-order valence-corrected chi connectivity index (χ3v) is 6.41. The topological polar surface area (TPSA) is 73.9 Å². The minimum absolute atomic E-state index is 0.00500. The molecule has 0 spiro atoms. The Labute approximate surface area is 186 Å². The summed E-state index contributed by atoms with van der Waals surface area (Å²) < 4.78 is 33.9. The SMILES string of the molecule is CO[C@]1(C)C(F)=CC(N2CCN(CC(=O)Nc3ccc4c(c3)CCC(=O)N4)CC2)=CC1F. The van der Waals surface area contributed by atoms with E-state index in [0.717, 1.165) is 11.3 Å². The van der Waals surface area contributed by atoms with E-state index in [1.54, 1.807) is 12.1 Å². The molecule has 1 aliphatic carbocycles. The number of benzene rings is 1. The Morgan fingerprint density at radius 2 is 2.03 bits per heavy atom. The third kappa shape index (κ3) is 4.54. The van der Waals surface area contributed by atoms with Gasteiger partial charge in [-0.2, -0.15) is 0 Å². The van der Waals surface area contributed by atoms with Crippen LogP contribution in [0.15, 0.2) is 41.9 Å². The summed E-state index contributed by atoms with van der Waals surface area (Å²) in [5.41, 5.74) is 1.43. The van der Waals surface area contributed by atoms with Crippen LogP contribution in [0.25, 0.3) is 0 Å². The lowest BCUT2D eigenvalue weighted by molar-refractivity contribution is -0.118. The van der Waals surface area contributed by atoms with Gasteiger partial charge in [0.2, 0.25) is 11.8 Å². The maximum Gasteiger partial charge on any atom is 0.238 e. The lowest BCUT2D eigenvalue weighted by Gasteiger charge is -2.39. The molecule has 9 heteroatoms. The highest BCUT2D eigenvalue weighted by Crippen LogP contribution is 2.35. The van der Waals surface area contributed by atoms with Gasteiger partial charge in [0.15, 0.2) is 11.8 Å². The number of hydrogen-bond donors (Lipinski definition) is 2. The number of nitrogens with one attached hydrogen (secondary N) is 2. The Morgan fingerprint density at radius 1 is 1.28 bits per heavy atom. The van der Waals surface area contributed by atoms with E-state index in [9.17, 15) is 18.4 Å². The molecule has 7 nitrogen and oxygen atoms in total. The van der Waals surface area contributed by atoms with Crippen LogP contribution in [-0.4, -0.2) is 73.2 Å². The number of piperazine rings is 1. The third-order valence-electron chi connectivity index (χ3n) is 6.41. The summed E-state index contributed by atoms with van der Waals surface area (Å²) in [6.07, 6.45) is 2.26. The van der Waals surface area contributed by atoms with Gasteiger partial charge < -0.3 is 20.3 Å². The van der Waals surface area contributed by atoms with Crippen molar-refractivity contribution in [1.82, 2.24) is 9.80 Å². The van der Waals surface area contributed by atoms with Crippen LogP contribution in [0, 0.1) is 0 Å². The van der Waals surface area contributed by atoms with Gasteiger partial charge in [0.25, 0.3) is 0 Å². The molecule has 3 aliphatic rings. The Morgan fingerprint density at radius 3 is 2.72 bits per heavy atom. The van der Waals surface area contributed by atoms with Gasteiger partial charge in [-0.3, -0.25) is 14.5 Å². The highest BCUT2D eigenvalue weighted by Gasteiger charge is 2.42. The van der Waals surface area contributed by atoms with Gasteiger partial charge in [0.05, 0.1) is 6.54 Å². The molecule has 0 bridgehead atoms. The number of amides is 2. The lowest BCUT2D eigenvalue weighted by Crippen LogP contribution is -2.49. The van der Waals surface area contributed by atoms with Crippen LogP contribution >= 0.6 is 0 Å². The minimum atomic E-state index is -1.58. The van der Waals surface area contributed by atoms with Crippen LogP contribution in [-0.2, 0) is 20.7 Å². The van der Waals surface area contributed by atoms with Crippen molar-refractivity contribution in [1.29, 1.82) is 0 Å². The molecular weight excluding hydrogens is 418 g/mol. The Bertz CT molecular complexity index is 972. The average molecular weight is 446 g/mol. The second-order valence-electron chi connectivity index (χ2n) is 8.53. The molecule has 0 radical (unpaired) electrons. The van der Waals surface area contributed by atoms with Gasteiger partial charge in [0.1, 0.15) is 5.83 Å². The molecule has 2 N–H and O–H groups in total. The zero-order valence-electron chi connectivity index (χ0n) is 18.3. The molecule has 1 unspecified atom stereocenters. The molecule has 172 valence electrons. The first-order valence-electron chi connectivity index (χ1n) is 10.8. The quantitative estimate of drug-likeness (QED) is 0.728. The van der Waals surface area contributed by atoms with E-state index in [-0.39, 0.29) is 18.4 Å². The summed E-state index contributed by atoms with van der Waals surface area (Å²) in [5, 5.41) is 5.73. The average Bonchev–Trinajstić information content (AvgIpc) is 2.77. The number of fused-ring (bicyclic) bond motifs is 1. The predicted octanol–water partition coefficient (Wildman–Crippen LogP) is 2.62. The summed E-state index contributed by atoms with van der Waals surface area (Å²) in [4.78, 5) is 27.9. The van der Waals surface area contributed by atoms with Crippen molar-refractivity contribution in [2.24, 2.45) is 0 Å². The van der Waals surface area contributed by atoms with Crippen LogP contribution in [0.4, 0.5) is 20.2 Å². The summed E-state index contributed by atoms with van der Waals surface area (Å²) >= 11 is 0. The summed E-state index contributed by atoms with van der Waals surface area (Å²) in [6, 6.07) is 5.47. The fourth-order valence-electron chi connectivity index (χ4n) is 4.20. The molecule has 0 saturated carbocycles. The van der Waals surface area contributed by atoms with Crippen molar-refractivity contribution in [3.8, 4) is 0 Å². The number of methoxy groups -OCH3 is 1. The molecule has 1 aromatic carbocycles. The van der Waals surface area contributed by atoms with Crippen molar-refractivity contribution < 1.29 is 23.1 Å². The zero-order chi connectivity index (χ0) is 22.9. The fourth-order valence-corrected chi connectivity index (χ4v) is 4.20. The van der Waals surface area contributed by atoms with E-state index in [1.807, 2.05) is 15.9 Å². The second kappa shape index (κ2) is 8.99. The molecular formula is C23H28F2N4O3. The first-order valence-corrected chi connectivity index (χ1v) is 10.8. The molecule has 4 rings (SSSR count). The van der Waals surface area contributed by atoms with E-state index in [0.29, 0.717) is 50.4 Å². The van der Waals surface area contributed by atoms with Gasteiger partial charge in [-0.25, -0.2) is 8.78 Å². The monoisotopic (exact) mass is 446 g/mol. The Balaban J connectivity index is 1.29. The van der Waals surface area contributed by atoms with Crippen molar-refractivity contribution in [2.75, 3.05) is 50.5 Å². The highest BCUT2D eigenvalue weighted by molar-refractivity contribution is 5.96. The van der Waals surface area contributed by atoms with E-state index in [2.05, 4.69) is 10.6 Å². The number of hydrogen-bond acceptors (Lipinski definition) is 5. The second-order valence-corrected chi connectivity index (χ2v) is 8.53. The molecule has 1 fully saturated rings. The van der Waals surface area contributed by atoms with E-state index in [4.69, 9.17) is 4.74 Å². The molecule has 0 aromatic heterocycles. The number of carbonyl (C=O) groups excluding carboxylic acids is 2. The van der Waals surface area contributed by atoms with Gasteiger partial charge in [-0.05, 0) is 49.3 Å². The maximum atomic E-state index is 14.5. The number of ether oxygens (including phenoxy) is 1. The molecule has 32 heavy (non-hydrogen) atoms. The smallest absolute Gasteiger partial charge is 0.238 e.